The van der Waals surface area contributed by atoms with Crippen LogP contribution in [0.2, 0.25) is 0 Å². The number of benzene rings is 2. The van der Waals surface area contributed by atoms with E-state index in [1.54, 1.807) is 12.4 Å². The highest BCUT2D eigenvalue weighted by molar-refractivity contribution is 5.83. The van der Waals surface area contributed by atoms with Crippen LogP contribution in [-0.2, 0) is 22.4 Å². The molecule has 0 spiro atoms. The number of carbonyl (C=O) groups is 2. The van der Waals surface area contributed by atoms with Crippen LogP contribution in [-0.4, -0.2) is 34.8 Å². The second-order valence-corrected chi connectivity index (χ2v) is 8.30. The molecular weight excluding hydrogens is 386 g/mol. The number of nitrogens with two attached hydrogens (primary N) is 1. The number of carbonyl (C=O) groups excluding carboxylic acids is 2. The third kappa shape index (κ3) is 4.82. The number of rotatable bonds is 6. The fourth-order valence-electron chi connectivity index (χ4n) is 4.33. The molecule has 0 radical (unpaired) electrons. The summed E-state index contributed by atoms with van der Waals surface area (Å²) in [4.78, 5) is 31.1. The Hall–Kier alpha value is -3.47. The Balaban J connectivity index is 1.41. The maximum Gasteiger partial charge on any atom is 0.226 e. The summed E-state index contributed by atoms with van der Waals surface area (Å²) in [7, 11) is 0. The van der Waals surface area contributed by atoms with Gasteiger partial charge in [0.1, 0.15) is 0 Å². The van der Waals surface area contributed by atoms with Crippen molar-refractivity contribution in [3.63, 3.8) is 0 Å². The second-order valence-electron chi connectivity index (χ2n) is 8.30. The van der Waals surface area contributed by atoms with Crippen LogP contribution in [0.15, 0.2) is 79.1 Å². The van der Waals surface area contributed by atoms with Gasteiger partial charge in [-0.25, -0.2) is 0 Å². The zero-order valence-electron chi connectivity index (χ0n) is 17.5. The van der Waals surface area contributed by atoms with E-state index >= 15 is 0 Å². The van der Waals surface area contributed by atoms with Gasteiger partial charge in [0, 0.05) is 25.5 Å². The maximum absolute atomic E-state index is 12.7. The smallest absolute Gasteiger partial charge is 0.226 e. The molecule has 0 bridgehead atoms. The Morgan fingerprint density at radius 2 is 1.45 bits per heavy atom. The second kappa shape index (κ2) is 9.13. The Kier molecular flexibility index (Phi) is 6.12. The van der Waals surface area contributed by atoms with E-state index in [0.717, 1.165) is 22.3 Å². The van der Waals surface area contributed by atoms with E-state index in [9.17, 15) is 9.59 Å². The van der Waals surface area contributed by atoms with E-state index in [-0.39, 0.29) is 11.8 Å². The lowest BCUT2D eigenvalue weighted by Crippen LogP contribution is -2.50. The van der Waals surface area contributed by atoms with Gasteiger partial charge in [0.05, 0.1) is 11.8 Å². The number of aromatic nitrogens is 1. The number of pyridine rings is 1. The summed E-state index contributed by atoms with van der Waals surface area (Å²) < 4.78 is 0. The van der Waals surface area contributed by atoms with Crippen molar-refractivity contribution in [1.29, 1.82) is 0 Å². The van der Waals surface area contributed by atoms with Gasteiger partial charge in [-0.3, -0.25) is 14.6 Å². The summed E-state index contributed by atoms with van der Waals surface area (Å²) in [5.41, 5.74) is 9.57. The SMILES string of the molecule is NC(=O)C1(Cc2ccc(-c3ccncc3)cc2)CCN(C(=O)Cc2ccccc2)CC1. The number of nitrogens with zero attached hydrogens (tertiary/aromatic N) is 2. The van der Waals surface area contributed by atoms with Gasteiger partial charge < -0.3 is 10.6 Å². The predicted octanol–water partition coefficient (Wildman–Crippen LogP) is 3.63. The van der Waals surface area contributed by atoms with E-state index in [1.807, 2.05) is 47.4 Å². The third-order valence-electron chi connectivity index (χ3n) is 6.30. The highest BCUT2D eigenvalue weighted by Gasteiger charge is 2.40. The van der Waals surface area contributed by atoms with Gasteiger partial charge in [-0.2, -0.15) is 0 Å². The van der Waals surface area contributed by atoms with Crippen molar-refractivity contribution in [3.8, 4) is 11.1 Å². The Morgan fingerprint density at radius 1 is 0.839 bits per heavy atom. The molecule has 2 heterocycles. The van der Waals surface area contributed by atoms with Crippen LogP contribution in [0.1, 0.15) is 24.0 Å². The average molecular weight is 414 g/mol. The van der Waals surface area contributed by atoms with Crippen molar-refractivity contribution in [3.05, 3.63) is 90.3 Å². The third-order valence-corrected chi connectivity index (χ3v) is 6.30. The zero-order valence-corrected chi connectivity index (χ0v) is 17.5. The molecule has 1 aromatic heterocycles. The molecular formula is C26H27N3O2. The van der Waals surface area contributed by atoms with E-state index in [4.69, 9.17) is 5.73 Å². The quantitative estimate of drug-likeness (QED) is 0.670. The first-order valence-corrected chi connectivity index (χ1v) is 10.7. The highest BCUT2D eigenvalue weighted by atomic mass is 16.2. The van der Waals surface area contributed by atoms with Crippen LogP contribution in [0.25, 0.3) is 11.1 Å². The molecule has 0 aliphatic carbocycles. The van der Waals surface area contributed by atoms with E-state index < -0.39 is 5.41 Å². The average Bonchev–Trinajstić information content (AvgIpc) is 2.81. The predicted molar refractivity (Wildman–Crippen MR) is 121 cm³/mol. The van der Waals surface area contributed by atoms with E-state index in [2.05, 4.69) is 29.2 Å². The summed E-state index contributed by atoms with van der Waals surface area (Å²) in [6.07, 6.45) is 5.72. The molecule has 0 atom stereocenters. The first-order chi connectivity index (χ1) is 15.1. The normalized spacial score (nSPS) is 15.4. The van der Waals surface area contributed by atoms with Crippen molar-refractivity contribution < 1.29 is 9.59 Å². The molecule has 2 N–H and O–H groups in total. The fraction of sp³-hybridized carbons (Fsp3) is 0.269. The largest absolute Gasteiger partial charge is 0.369 e. The summed E-state index contributed by atoms with van der Waals surface area (Å²) in [5.74, 6) is -0.174. The van der Waals surface area contributed by atoms with Crippen LogP contribution in [0, 0.1) is 5.41 Å². The number of likely N-dealkylation sites (tertiary alicyclic amines) is 1. The number of hydrogen-bond donors (Lipinski definition) is 1. The molecule has 0 unspecified atom stereocenters. The molecule has 5 nitrogen and oxygen atoms in total. The molecule has 1 aliphatic rings. The van der Waals surface area contributed by atoms with E-state index in [1.165, 1.54) is 0 Å². The van der Waals surface area contributed by atoms with Crippen LogP contribution < -0.4 is 5.73 Å². The first kappa shape index (κ1) is 20.8. The molecule has 0 saturated carbocycles. The molecule has 5 heteroatoms. The highest BCUT2D eigenvalue weighted by Crippen LogP contribution is 2.35. The van der Waals surface area contributed by atoms with Gasteiger partial charge >= 0.3 is 0 Å². The fourth-order valence-corrected chi connectivity index (χ4v) is 4.33. The molecule has 1 aliphatic heterocycles. The van der Waals surface area contributed by atoms with Gasteiger partial charge in [-0.1, -0.05) is 54.6 Å². The lowest BCUT2D eigenvalue weighted by atomic mass is 9.73. The van der Waals surface area contributed by atoms with Crippen molar-refractivity contribution in [2.75, 3.05) is 13.1 Å². The van der Waals surface area contributed by atoms with Crippen molar-refractivity contribution in [1.82, 2.24) is 9.88 Å². The topological polar surface area (TPSA) is 76.3 Å². The number of hydrogen-bond acceptors (Lipinski definition) is 3. The lowest BCUT2D eigenvalue weighted by Gasteiger charge is -2.40. The molecule has 1 saturated heterocycles. The molecule has 1 fully saturated rings. The zero-order chi connectivity index (χ0) is 21.7. The Bertz CT molecular complexity index is 1030. The van der Waals surface area contributed by atoms with Gasteiger partial charge in [0.15, 0.2) is 0 Å². The molecule has 31 heavy (non-hydrogen) atoms. The minimum absolute atomic E-state index is 0.103. The summed E-state index contributed by atoms with van der Waals surface area (Å²) in [5, 5.41) is 0. The molecule has 158 valence electrons. The first-order valence-electron chi connectivity index (χ1n) is 10.7. The Labute approximate surface area is 182 Å². The van der Waals surface area contributed by atoms with Gasteiger partial charge in [0.25, 0.3) is 0 Å². The number of primary amides is 1. The Morgan fingerprint density at radius 3 is 2.06 bits per heavy atom. The number of amides is 2. The van der Waals surface area contributed by atoms with Crippen molar-refractivity contribution in [2.45, 2.75) is 25.7 Å². The maximum atomic E-state index is 12.7. The minimum atomic E-state index is -0.609. The van der Waals surface area contributed by atoms with Crippen LogP contribution in [0.3, 0.4) is 0 Å². The van der Waals surface area contributed by atoms with E-state index in [0.29, 0.717) is 38.8 Å². The molecule has 2 aromatic carbocycles. The minimum Gasteiger partial charge on any atom is -0.369 e. The summed E-state index contributed by atoms with van der Waals surface area (Å²) >= 11 is 0. The van der Waals surface area contributed by atoms with Crippen LogP contribution in [0.4, 0.5) is 0 Å². The molecule has 3 aromatic rings. The summed E-state index contributed by atoms with van der Waals surface area (Å²) in [6.45, 7) is 1.12. The van der Waals surface area contributed by atoms with Crippen molar-refractivity contribution >= 4 is 11.8 Å². The number of piperidine rings is 1. The lowest BCUT2D eigenvalue weighted by molar-refractivity contribution is -0.138. The van der Waals surface area contributed by atoms with Crippen LogP contribution in [0.5, 0.6) is 0 Å². The van der Waals surface area contributed by atoms with Gasteiger partial charge in [0.2, 0.25) is 11.8 Å². The van der Waals surface area contributed by atoms with Crippen LogP contribution >= 0.6 is 0 Å². The molecule has 4 rings (SSSR count). The van der Waals surface area contributed by atoms with Crippen molar-refractivity contribution in [2.24, 2.45) is 11.1 Å². The molecule has 2 amide bonds. The monoisotopic (exact) mass is 413 g/mol. The van der Waals surface area contributed by atoms with Gasteiger partial charge in [-0.05, 0) is 53.6 Å². The standard InChI is InChI=1S/C26H27N3O2/c27-25(31)26(19-21-6-8-22(9-7-21)23-10-14-28-15-11-23)12-16-29(17-13-26)24(30)18-20-4-2-1-3-5-20/h1-11,14-15H,12-13,16-19H2,(H2,27,31). The summed E-state index contributed by atoms with van der Waals surface area (Å²) in [6, 6.07) is 22.0. The van der Waals surface area contributed by atoms with Gasteiger partial charge in [-0.15, -0.1) is 0 Å².